The normalized spacial score (nSPS) is 13.0. The van der Waals surface area contributed by atoms with Crippen molar-refractivity contribution in [3.05, 3.63) is 60.2 Å². The van der Waals surface area contributed by atoms with Crippen LogP contribution in [0.15, 0.2) is 54.6 Å². The van der Waals surface area contributed by atoms with Crippen LogP contribution in [0.3, 0.4) is 0 Å². The molecular weight excluding hydrogens is 308 g/mol. The zero-order valence-electron chi connectivity index (χ0n) is 13.0. The number of hydrogen-bond donors (Lipinski definition) is 2. The molecule has 124 valence electrons. The van der Waals surface area contributed by atoms with Gasteiger partial charge >= 0.3 is 12.2 Å². The van der Waals surface area contributed by atoms with Gasteiger partial charge in [-0.05, 0) is 30.5 Å². The van der Waals surface area contributed by atoms with Gasteiger partial charge in [-0.3, -0.25) is 5.32 Å². The van der Waals surface area contributed by atoms with E-state index in [0.717, 1.165) is 18.4 Å². The van der Waals surface area contributed by atoms with Crippen LogP contribution in [0.25, 0.3) is 0 Å². The minimum absolute atomic E-state index is 0.187. The van der Waals surface area contributed by atoms with Gasteiger partial charge in [0, 0.05) is 17.8 Å². The molecule has 1 saturated carbocycles. The molecule has 0 aliphatic heterocycles. The van der Waals surface area contributed by atoms with E-state index >= 15 is 0 Å². The maximum Gasteiger partial charge on any atom is 0.412 e. The van der Waals surface area contributed by atoms with E-state index in [1.54, 1.807) is 24.3 Å². The third kappa shape index (κ3) is 5.01. The maximum atomic E-state index is 11.8. The molecule has 0 bridgehead atoms. The molecule has 6 nitrogen and oxygen atoms in total. The molecule has 0 radical (unpaired) electrons. The molecule has 0 spiro atoms. The van der Waals surface area contributed by atoms with Crippen LogP contribution in [0, 0.1) is 0 Å². The number of ether oxygens (including phenoxy) is 2. The summed E-state index contributed by atoms with van der Waals surface area (Å²) >= 11 is 0. The highest BCUT2D eigenvalue weighted by molar-refractivity contribution is 5.85. The van der Waals surface area contributed by atoms with Crippen LogP contribution >= 0.6 is 0 Å². The van der Waals surface area contributed by atoms with E-state index in [2.05, 4.69) is 10.6 Å². The van der Waals surface area contributed by atoms with Crippen LogP contribution in [0.2, 0.25) is 0 Å². The largest absolute Gasteiger partial charge is 0.444 e. The SMILES string of the molecule is O=C(Nc1cccc(OC(=O)NC2CC2)c1)OCc1ccccc1. The van der Waals surface area contributed by atoms with Crippen molar-refractivity contribution >= 4 is 17.9 Å². The van der Waals surface area contributed by atoms with E-state index in [1.165, 1.54) is 0 Å². The molecule has 3 rings (SSSR count). The third-order valence-corrected chi connectivity index (χ3v) is 3.40. The van der Waals surface area contributed by atoms with E-state index in [4.69, 9.17) is 9.47 Å². The predicted molar refractivity (Wildman–Crippen MR) is 88.9 cm³/mol. The second-order valence-electron chi connectivity index (χ2n) is 5.52. The van der Waals surface area contributed by atoms with Gasteiger partial charge in [-0.2, -0.15) is 0 Å². The monoisotopic (exact) mass is 326 g/mol. The van der Waals surface area contributed by atoms with E-state index in [-0.39, 0.29) is 12.6 Å². The fourth-order valence-corrected chi connectivity index (χ4v) is 2.05. The van der Waals surface area contributed by atoms with Crippen molar-refractivity contribution < 1.29 is 19.1 Å². The number of anilines is 1. The second-order valence-corrected chi connectivity index (χ2v) is 5.52. The quantitative estimate of drug-likeness (QED) is 0.878. The molecule has 0 unspecified atom stereocenters. The Kier molecular flexibility index (Phi) is 4.96. The lowest BCUT2D eigenvalue weighted by atomic mass is 10.2. The molecule has 0 heterocycles. The summed E-state index contributed by atoms with van der Waals surface area (Å²) in [5, 5.41) is 5.33. The first-order valence-electron chi connectivity index (χ1n) is 7.75. The predicted octanol–water partition coefficient (Wildman–Crippen LogP) is 3.69. The Labute approximate surface area is 139 Å². The molecule has 2 amide bonds. The highest BCUT2D eigenvalue weighted by Crippen LogP contribution is 2.21. The summed E-state index contributed by atoms with van der Waals surface area (Å²) in [6, 6.07) is 16.2. The van der Waals surface area contributed by atoms with Crippen LogP contribution in [-0.4, -0.2) is 18.2 Å². The van der Waals surface area contributed by atoms with Crippen LogP contribution in [0.1, 0.15) is 18.4 Å². The molecule has 0 aromatic heterocycles. The lowest BCUT2D eigenvalue weighted by molar-refractivity contribution is 0.155. The van der Waals surface area contributed by atoms with Gasteiger partial charge in [-0.1, -0.05) is 36.4 Å². The van der Waals surface area contributed by atoms with Crippen LogP contribution < -0.4 is 15.4 Å². The Balaban J connectivity index is 1.49. The van der Waals surface area contributed by atoms with E-state index in [0.29, 0.717) is 11.4 Å². The van der Waals surface area contributed by atoms with Gasteiger partial charge in [0.15, 0.2) is 0 Å². The summed E-state index contributed by atoms with van der Waals surface area (Å²) in [6.45, 7) is 0.187. The van der Waals surface area contributed by atoms with Crippen LogP contribution in [-0.2, 0) is 11.3 Å². The average molecular weight is 326 g/mol. The molecule has 2 aromatic carbocycles. The standard InChI is InChI=1S/C18H18N2O4/c21-17(23-12-13-5-2-1-3-6-13)20-15-7-4-8-16(11-15)24-18(22)19-14-9-10-14/h1-8,11,14H,9-10,12H2,(H,19,22)(H,20,21). The number of hydrogen-bond acceptors (Lipinski definition) is 4. The van der Waals surface area contributed by atoms with Gasteiger partial charge in [-0.25, -0.2) is 9.59 Å². The van der Waals surface area contributed by atoms with Crippen molar-refractivity contribution in [2.75, 3.05) is 5.32 Å². The molecular formula is C18H18N2O4. The topological polar surface area (TPSA) is 76.7 Å². The summed E-state index contributed by atoms with van der Waals surface area (Å²) in [5.41, 5.74) is 1.39. The van der Waals surface area contributed by atoms with Crippen molar-refractivity contribution in [3.8, 4) is 5.75 Å². The highest BCUT2D eigenvalue weighted by atomic mass is 16.6. The van der Waals surface area contributed by atoms with Crippen LogP contribution in [0.4, 0.5) is 15.3 Å². The first kappa shape index (κ1) is 15.9. The number of rotatable bonds is 5. The van der Waals surface area contributed by atoms with Crippen molar-refractivity contribution in [2.24, 2.45) is 0 Å². The number of benzene rings is 2. The molecule has 0 atom stereocenters. The van der Waals surface area contributed by atoms with Gasteiger partial charge in [0.05, 0.1) is 0 Å². The molecule has 1 aliphatic carbocycles. The lowest BCUT2D eigenvalue weighted by Gasteiger charge is -2.09. The zero-order valence-corrected chi connectivity index (χ0v) is 13.0. The molecule has 2 N–H and O–H groups in total. The summed E-state index contributed by atoms with van der Waals surface area (Å²) in [4.78, 5) is 23.4. The zero-order chi connectivity index (χ0) is 16.8. The number of carbonyl (C=O) groups excluding carboxylic acids is 2. The fourth-order valence-electron chi connectivity index (χ4n) is 2.05. The van der Waals surface area contributed by atoms with E-state index < -0.39 is 12.2 Å². The molecule has 2 aromatic rings. The first-order chi connectivity index (χ1) is 11.7. The minimum atomic E-state index is -0.571. The summed E-state index contributed by atoms with van der Waals surface area (Å²) < 4.78 is 10.3. The summed E-state index contributed by atoms with van der Waals surface area (Å²) in [5.74, 6) is 0.356. The van der Waals surface area contributed by atoms with E-state index in [9.17, 15) is 9.59 Å². The van der Waals surface area contributed by atoms with E-state index in [1.807, 2.05) is 30.3 Å². The molecule has 6 heteroatoms. The van der Waals surface area contributed by atoms with Gasteiger partial charge in [-0.15, -0.1) is 0 Å². The third-order valence-electron chi connectivity index (χ3n) is 3.40. The Morgan fingerprint density at radius 2 is 1.79 bits per heavy atom. The first-order valence-corrected chi connectivity index (χ1v) is 7.75. The second kappa shape index (κ2) is 7.50. The van der Waals surface area contributed by atoms with Gasteiger partial charge in [0.2, 0.25) is 0 Å². The Morgan fingerprint density at radius 1 is 1.00 bits per heavy atom. The molecule has 0 saturated heterocycles. The Bertz CT molecular complexity index is 714. The van der Waals surface area contributed by atoms with Crippen LogP contribution in [0.5, 0.6) is 5.75 Å². The number of amides is 2. The summed E-state index contributed by atoms with van der Waals surface area (Å²) in [7, 11) is 0. The molecule has 1 aliphatic rings. The van der Waals surface area contributed by atoms with Crippen molar-refractivity contribution in [2.45, 2.75) is 25.5 Å². The van der Waals surface area contributed by atoms with Crippen molar-refractivity contribution in [1.82, 2.24) is 5.32 Å². The number of carbonyl (C=O) groups is 2. The summed E-state index contributed by atoms with van der Waals surface area (Å²) in [6.07, 6.45) is 0.924. The highest BCUT2D eigenvalue weighted by Gasteiger charge is 2.24. The Morgan fingerprint density at radius 3 is 2.54 bits per heavy atom. The maximum absolute atomic E-state index is 11.8. The average Bonchev–Trinajstić information content (AvgIpc) is 3.38. The van der Waals surface area contributed by atoms with Crippen molar-refractivity contribution in [1.29, 1.82) is 0 Å². The van der Waals surface area contributed by atoms with Gasteiger partial charge < -0.3 is 14.8 Å². The fraction of sp³-hybridized carbons (Fsp3) is 0.222. The molecule has 1 fully saturated rings. The number of nitrogens with one attached hydrogen (secondary N) is 2. The van der Waals surface area contributed by atoms with Crippen molar-refractivity contribution in [3.63, 3.8) is 0 Å². The lowest BCUT2D eigenvalue weighted by Crippen LogP contribution is -2.28. The smallest absolute Gasteiger partial charge is 0.412 e. The minimum Gasteiger partial charge on any atom is -0.444 e. The van der Waals surface area contributed by atoms with Gasteiger partial charge in [0.1, 0.15) is 12.4 Å². The molecule has 24 heavy (non-hydrogen) atoms. The van der Waals surface area contributed by atoms with Gasteiger partial charge in [0.25, 0.3) is 0 Å². The Hall–Kier alpha value is -3.02.